The molecule has 0 saturated carbocycles. The number of carbonyl (C=O) groups excluding carboxylic acids is 1. The van der Waals surface area contributed by atoms with E-state index in [0.29, 0.717) is 21.6 Å². The summed E-state index contributed by atoms with van der Waals surface area (Å²) in [6.07, 6.45) is 0. The number of nitrogen functional groups attached to an aromatic ring is 1. The summed E-state index contributed by atoms with van der Waals surface area (Å²) < 4.78 is 1.40. The third kappa shape index (κ3) is 1.96. The lowest BCUT2D eigenvalue weighted by atomic mass is 10.2. The molecule has 4 nitrogen and oxygen atoms in total. The highest BCUT2D eigenvalue weighted by molar-refractivity contribution is 6.30. The van der Waals surface area contributed by atoms with Crippen molar-refractivity contribution >= 4 is 34.5 Å². The first-order valence-electron chi connectivity index (χ1n) is 5.70. The minimum Gasteiger partial charge on any atom is -0.369 e. The normalized spacial score (nSPS) is 10.8. The van der Waals surface area contributed by atoms with Crippen LogP contribution in [-0.4, -0.2) is 15.5 Å². The van der Waals surface area contributed by atoms with E-state index in [1.807, 2.05) is 24.3 Å². The predicted octanol–water partition coefficient (Wildman–Crippen LogP) is 2.96. The molecule has 0 atom stereocenters. The third-order valence-corrected chi connectivity index (χ3v) is 3.13. The monoisotopic (exact) mass is 271 g/mol. The van der Waals surface area contributed by atoms with E-state index in [1.165, 1.54) is 4.57 Å². The van der Waals surface area contributed by atoms with E-state index >= 15 is 0 Å². The standard InChI is InChI=1S/C14H10ClN3O/c15-10-7-5-9(6-8-10)13(19)18-12-4-2-1-3-11(12)17-14(18)16/h1-8H,(H2,16,17). The van der Waals surface area contributed by atoms with Crippen molar-refractivity contribution in [3.8, 4) is 0 Å². The number of aromatic nitrogens is 2. The fourth-order valence-electron chi connectivity index (χ4n) is 1.98. The lowest BCUT2D eigenvalue weighted by Crippen LogP contribution is -2.14. The first-order valence-corrected chi connectivity index (χ1v) is 6.08. The van der Waals surface area contributed by atoms with Crippen LogP contribution in [0.5, 0.6) is 0 Å². The molecular weight excluding hydrogens is 262 g/mol. The number of hydrogen-bond acceptors (Lipinski definition) is 3. The van der Waals surface area contributed by atoms with Gasteiger partial charge in [0.05, 0.1) is 11.0 Å². The SMILES string of the molecule is Nc1nc2ccccc2n1C(=O)c1ccc(Cl)cc1. The Morgan fingerprint density at radius 1 is 1.11 bits per heavy atom. The highest BCUT2D eigenvalue weighted by atomic mass is 35.5. The number of nitrogens with two attached hydrogens (primary N) is 1. The maximum atomic E-state index is 12.5. The summed E-state index contributed by atoms with van der Waals surface area (Å²) in [6, 6.07) is 14.0. The molecule has 0 saturated heterocycles. The van der Waals surface area contributed by atoms with E-state index in [4.69, 9.17) is 17.3 Å². The van der Waals surface area contributed by atoms with Gasteiger partial charge in [-0.05, 0) is 36.4 Å². The molecule has 0 radical (unpaired) electrons. The molecule has 3 aromatic rings. The average Bonchev–Trinajstić information content (AvgIpc) is 2.74. The number of halogens is 1. The van der Waals surface area contributed by atoms with Crippen molar-refractivity contribution in [2.75, 3.05) is 5.73 Å². The van der Waals surface area contributed by atoms with Crippen LogP contribution in [0.4, 0.5) is 5.95 Å². The Morgan fingerprint density at radius 2 is 1.79 bits per heavy atom. The van der Waals surface area contributed by atoms with E-state index in [2.05, 4.69) is 4.98 Å². The molecule has 5 heteroatoms. The van der Waals surface area contributed by atoms with Crippen molar-refractivity contribution in [3.05, 3.63) is 59.1 Å². The molecule has 1 aromatic heterocycles. The van der Waals surface area contributed by atoms with Crippen molar-refractivity contribution in [2.45, 2.75) is 0 Å². The lowest BCUT2D eigenvalue weighted by Gasteiger charge is -2.05. The Morgan fingerprint density at radius 3 is 2.53 bits per heavy atom. The van der Waals surface area contributed by atoms with Crippen LogP contribution in [0.2, 0.25) is 5.02 Å². The van der Waals surface area contributed by atoms with Gasteiger partial charge in [0.15, 0.2) is 0 Å². The van der Waals surface area contributed by atoms with Crippen molar-refractivity contribution in [2.24, 2.45) is 0 Å². The van der Waals surface area contributed by atoms with Crippen LogP contribution in [0.25, 0.3) is 11.0 Å². The smallest absolute Gasteiger partial charge is 0.265 e. The second kappa shape index (κ2) is 4.40. The van der Waals surface area contributed by atoms with Gasteiger partial charge in [0.2, 0.25) is 5.95 Å². The molecule has 0 fully saturated rings. The molecule has 2 aromatic carbocycles. The van der Waals surface area contributed by atoms with Crippen LogP contribution in [0.15, 0.2) is 48.5 Å². The number of rotatable bonds is 1. The highest BCUT2D eigenvalue weighted by Crippen LogP contribution is 2.19. The Balaban J connectivity index is 2.16. The molecule has 1 heterocycles. The summed E-state index contributed by atoms with van der Waals surface area (Å²) in [5, 5.41) is 0.583. The summed E-state index contributed by atoms with van der Waals surface area (Å²) in [7, 11) is 0. The summed E-state index contributed by atoms with van der Waals surface area (Å²) in [6.45, 7) is 0. The molecular formula is C14H10ClN3O. The van der Waals surface area contributed by atoms with Crippen LogP contribution in [0.3, 0.4) is 0 Å². The second-order valence-electron chi connectivity index (χ2n) is 4.11. The molecule has 0 aliphatic carbocycles. The fourth-order valence-corrected chi connectivity index (χ4v) is 2.11. The molecule has 19 heavy (non-hydrogen) atoms. The van der Waals surface area contributed by atoms with Gasteiger partial charge in [-0.25, -0.2) is 9.55 Å². The summed E-state index contributed by atoms with van der Waals surface area (Å²) in [5.41, 5.74) is 7.73. The van der Waals surface area contributed by atoms with Crippen LogP contribution < -0.4 is 5.73 Å². The van der Waals surface area contributed by atoms with Gasteiger partial charge in [-0.2, -0.15) is 0 Å². The van der Waals surface area contributed by atoms with Gasteiger partial charge < -0.3 is 5.73 Å². The van der Waals surface area contributed by atoms with Crippen molar-refractivity contribution in [1.29, 1.82) is 0 Å². The van der Waals surface area contributed by atoms with Crippen molar-refractivity contribution in [1.82, 2.24) is 9.55 Å². The van der Waals surface area contributed by atoms with E-state index in [0.717, 1.165) is 0 Å². The highest BCUT2D eigenvalue weighted by Gasteiger charge is 2.15. The van der Waals surface area contributed by atoms with E-state index in [1.54, 1.807) is 24.3 Å². The molecule has 0 aliphatic heterocycles. The Kier molecular flexibility index (Phi) is 2.72. The molecule has 94 valence electrons. The Bertz CT molecular complexity index is 762. The molecule has 0 aliphatic rings. The minimum atomic E-state index is -0.220. The Hall–Kier alpha value is -2.33. The number of anilines is 1. The summed E-state index contributed by atoms with van der Waals surface area (Å²) in [5.74, 6) is -0.0379. The largest absolute Gasteiger partial charge is 0.369 e. The topological polar surface area (TPSA) is 60.9 Å². The number of benzene rings is 2. The van der Waals surface area contributed by atoms with Gasteiger partial charge in [0.25, 0.3) is 5.91 Å². The fraction of sp³-hybridized carbons (Fsp3) is 0. The first-order chi connectivity index (χ1) is 9.16. The molecule has 2 N–H and O–H groups in total. The average molecular weight is 272 g/mol. The number of para-hydroxylation sites is 2. The zero-order valence-corrected chi connectivity index (χ0v) is 10.6. The van der Waals surface area contributed by atoms with Gasteiger partial charge in [-0.1, -0.05) is 23.7 Å². The van der Waals surface area contributed by atoms with E-state index < -0.39 is 0 Å². The van der Waals surface area contributed by atoms with Gasteiger partial charge in [-0.15, -0.1) is 0 Å². The van der Waals surface area contributed by atoms with Crippen LogP contribution in [0, 0.1) is 0 Å². The third-order valence-electron chi connectivity index (χ3n) is 2.88. The molecule has 0 bridgehead atoms. The number of imidazole rings is 1. The maximum absolute atomic E-state index is 12.5. The minimum absolute atomic E-state index is 0.182. The molecule has 3 rings (SSSR count). The number of hydrogen-bond donors (Lipinski definition) is 1. The molecule has 0 spiro atoms. The quantitative estimate of drug-likeness (QED) is 0.740. The molecule has 0 amide bonds. The molecule has 0 unspecified atom stereocenters. The summed E-state index contributed by atoms with van der Waals surface area (Å²) >= 11 is 5.81. The van der Waals surface area contributed by atoms with Crippen LogP contribution in [-0.2, 0) is 0 Å². The van der Waals surface area contributed by atoms with E-state index in [-0.39, 0.29) is 11.9 Å². The summed E-state index contributed by atoms with van der Waals surface area (Å²) in [4.78, 5) is 16.6. The maximum Gasteiger partial charge on any atom is 0.265 e. The van der Waals surface area contributed by atoms with Gasteiger partial charge >= 0.3 is 0 Å². The Labute approximate surface area is 114 Å². The number of fused-ring (bicyclic) bond motifs is 1. The predicted molar refractivity (Wildman–Crippen MR) is 75.3 cm³/mol. The lowest BCUT2D eigenvalue weighted by molar-refractivity contribution is 0.0967. The number of carbonyl (C=O) groups is 1. The first kappa shape index (κ1) is 11.7. The van der Waals surface area contributed by atoms with Gasteiger partial charge in [0.1, 0.15) is 0 Å². The van der Waals surface area contributed by atoms with Crippen molar-refractivity contribution < 1.29 is 4.79 Å². The van der Waals surface area contributed by atoms with Gasteiger partial charge in [0, 0.05) is 10.6 Å². The zero-order chi connectivity index (χ0) is 13.4. The second-order valence-corrected chi connectivity index (χ2v) is 4.54. The van der Waals surface area contributed by atoms with Crippen molar-refractivity contribution in [3.63, 3.8) is 0 Å². The van der Waals surface area contributed by atoms with Crippen LogP contribution in [0.1, 0.15) is 10.4 Å². The number of nitrogens with zero attached hydrogens (tertiary/aromatic N) is 2. The zero-order valence-electron chi connectivity index (χ0n) is 9.88. The van der Waals surface area contributed by atoms with E-state index in [9.17, 15) is 4.79 Å². The van der Waals surface area contributed by atoms with Gasteiger partial charge in [-0.3, -0.25) is 4.79 Å². The van der Waals surface area contributed by atoms with Crippen LogP contribution >= 0.6 is 11.6 Å².